The van der Waals surface area contributed by atoms with Crippen molar-refractivity contribution in [2.75, 3.05) is 51.7 Å². The number of rotatable bonds is 6. The van der Waals surface area contributed by atoms with Gasteiger partial charge in [-0.15, -0.1) is 0 Å². The molecule has 0 spiro atoms. The number of primary amides is 1. The highest BCUT2D eigenvalue weighted by molar-refractivity contribution is 5.93. The maximum absolute atomic E-state index is 12.9. The number of anilines is 1. The summed E-state index contributed by atoms with van der Waals surface area (Å²) in [4.78, 5) is 39.9. The molecule has 0 bridgehead atoms. The van der Waals surface area contributed by atoms with Crippen molar-refractivity contribution in [1.29, 1.82) is 0 Å². The molecule has 2 N–H and O–H groups in total. The molecule has 4 rings (SSSR count). The van der Waals surface area contributed by atoms with Crippen molar-refractivity contribution in [2.24, 2.45) is 5.73 Å². The lowest BCUT2D eigenvalue weighted by Gasteiger charge is -2.28. The Labute approximate surface area is 189 Å². The minimum absolute atomic E-state index is 0.146. The molecule has 8 heteroatoms. The zero-order chi connectivity index (χ0) is 22.7. The quantitative estimate of drug-likeness (QED) is 0.745. The Kier molecular flexibility index (Phi) is 6.69. The van der Waals surface area contributed by atoms with Crippen LogP contribution < -0.4 is 10.6 Å². The predicted octanol–water partition coefficient (Wildman–Crippen LogP) is 2.11. The fourth-order valence-corrected chi connectivity index (χ4v) is 4.57. The average molecular weight is 437 g/mol. The standard InChI is InChI=1S/C24H32N6O2/c1-28(2)24-26-14-20(17-6-8-18(9-7-17)23(25)32)22(27-24)19-10-13-30(15-19)21(31)16-29-11-4-3-5-12-29/h6-9,14,19H,3-5,10-13,15-16H2,1-2H3,(H2,25,32)/t19-/m1/s1. The van der Waals surface area contributed by atoms with Crippen molar-refractivity contribution >= 4 is 17.8 Å². The van der Waals surface area contributed by atoms with Crippen LogP contribution in [0.3, 0.4) is 0 Å². The molecule has 0 aliphatic carbocycles. The molecule has 2 aliphatic heterocycles. The van der Waals surface area contributed by atoms with Gasteiger partial charge in [0.05, 0.1) is 12.2 Å². The van der Waals surface area contributed by atoms with Gasteiger partial charge in [0.1, 0.15) is 0 Å². The number of benzene rings is 1. The predicted molar refractivity (Wildman–Crippen MR) is 125 cm³/mol. The summed E-state index contributed by atoms with van der Waals surface area (Å²) in [6.07, 6.45) is 6.35. The molecule has 2 fully saturated rings. The van der Waals surface area contributed by atoms with Gasteiger partial charge in [0.2, 0.25) is 17.8 Å². The third kappa shape index (κ3) is 4.91. The number of piperidine rings is 1. The Morgan fingerprint density at radius 1 is 1.09 bits per heavy atom. The van der Waals surface area contributed by atoms with E-state index in [4.69, 9.17) is 10.7 Å². The first kappa shape index (κ1) is 22.2. The van der Waals surface area contributed by atoms with Gasteiger partial charge in [0.25, 0.3) is 0 Å². The maximum Gasteiger partial charge on any atom is 0.248 e. The third-order valence-corrected chi connectivity index (χ3v) is 6.42. The summed E-state index contributed by atoms with van der Waals surface area (Å²) >= 11 is 0. The molecule has 2 aliphatic rings. The van der Waals surface area contributed by atoms with E-state index in [1.165, 1.54) is 19.3 Å². The normalized spacial score (nSPS) is 19.2. The minimum Gasteiger partial charge on any atom is -0.366 e. The van der Waals surface area contributed by atoms with Gasteiger partial charge in [0.15, 0.2) is 0 Å². The second-order valence-corrected chi connectivity index (χ2v) is 8.97. The zero-order valence-corrected chi connectivity index (χ0v) is 19.0. The van der Waals surface area contributed by atoms with E-state index in [-0.39, 0.29) is 11.8 Å². The highest BCUT2D eigenvalue weighted by Crippen LogP contribution is 2.34. The minimum atomic E-state index is -0.449. The van der Waals surface area contributed by atoms with Crippen LogP contribution in [0.4, 0.5) is 5.95 Å². The SMILES string of the molecule is CN(C)c1ncc(-c2ccc(C(N)=O)cc2)c([C@@H]2CCN(C(=O)CN3CCCCC3)C2)n1. The van der Waals surface area contributed by atoms with Gasteiger partial charge in [-0.2, -0.15) is 0 Å². The summed E-state index contributed by atoms with van der Waals surface area (Å²) < 4.78 is 0. The van der Waals surface area contributed by atoms with Crippen LogP contribution in [-0.2, 0) is 4.79 Å². The second-order valence-electron chi connectivity index (χ2n) is 8.97. The number of aromatic nitrogens is 2. The van der Waals surface area contributed by atoms with E-state index < -0.39 is 5.91 Å². The average Bonchev–Trinajstić information content (AvgIpc) is 3.30. The van der Waals surface area contributed by atoms with Crippen molar-refractivity contribution in [1.82, 2.24) is 19.8 Å². The van der Waals surface area contributed by atoms with Gasteiger partial charge in [-0.3, -0.25) is 14.5 Å². The van der Waals surface area contributed by atoms with Gasteiger partial charge in [-0.25, -0.2) is 9.97 Å². The fraction of sp³-hybridized carbons (Fsp3) is 0.500. The van der Waals surface area contributed by atoms with Crippen LogP contribution in [0.1, 0.15) is 47.7 Å². The highest BCUT2D eigenvalue weighted by Gasteiger charge is 2.31. The lowest BCUT2D eigenvalue weighted by Crippen LogP contribution is -2.41. The molecule has 1 atom stereocenters. The van der Waals surface area contributed by atoms with Crippen LogP contribution in [-0.4, -0.2) is 78.4 Å². The zero-order valence-electron chi connectivity index (χ0n) is 19.0. The molecule has 2 amide bonds. The molecule has 32 heavy (non-hydrogen) atoms. The number of likely N-dealkylation sites (tertiary alicyclic amines) is 2. The summed E-state index contributed by atoms with van der Waals surface area (Å²) in [5, 5.41) is 0. The molecular formula is C24H32N6O2. The van der Waals surface area contributed by atoms with E-state index in [2.05, 4.69) is 9.88 Å². The summed E-state index contributed by atoms with van der Waals surface area (Å²) in [7, 11) is 3.84. The molecule has 0 saturated carbocycles. The van der Waals surface area contributed by atoms with Gasteiger partial charge < -0.3 is 15.5 Å². The van der Waals surface area contributed by atoms with Crippen molar-refractivity contribution in [3.05, 3.63) is 41.7 Å². The topological polar surface area (TPSA) is 95.7 Å². The lowest BCUT2D eigenvalue weighted by molar-refractivity contribution is -0.131. The molecule has 3 heterocycles. The molecule has 1 aromatic carbocycles. The van der Waals surface area contributed by atoms with Crippen molar-refractivity contribution in [3.63, 3.8) is 0 Å². The van der Waals surface area contributed by atoms with Crippen LogP contribution in [0.25, 0.3) is 11.1 Å². The van der Waals surface area contributed by atoms with Crippen LogP contribution in [0.5, 0.6) is 0 Å². The van der Waals surface area contributed by atoms with Crippen LogP contribution in [0.2, 0.25) is 0 Å². The van der Waals surface area contributed by atoms with E-state index in [0.717, 1.165) is 42.9 Å². The van der Waals surface area contributed by atoms with Gasteiger partial charge in [0, 0.05) is 50.4 Å². The molecule has 8 nitrogen and oxygen atoms in total. The number of hydrogen-bond donors (Lipinski definition) is 1. The summed E-state index contributed by atoms with van der Waals surface area (Å²) in [6, 6.07) is 7.21. The Balaban J connectivity index is 1.55. The smallest absolute Gasteiger partial charge is 0.248 e. The van der Waals surface area contributed by atoms with Crippen molar-refractivity contribution in [2.45, 2.75) is 31.6 Å². The first-order valence-corrected chi connectivity index (χ1v) is 11.4. The summed E-state index contributed by atoms with van der Waals surface area (Å²) in [5.41, 5.74) is 8.67. The van der Waals surface area contributed by atoms with E-state index in [1.54, 1.807) is 12.1 Å². The molecule has 0 radical (unpaired) electrons. The summed E-state index contributed by atoms with van der Waals surface area (Å²) in [6.45, 7) is 3.97. The molecule has 2 saturated heterocycles. The number of amides is 2. The maximum atomic E-state index is 12.9. The Morgan fingerprint density at radius 3 is 2.47 bits per heavy atom. The van der Waals surface area contributed by atoms with Crippen LogP contribution in [0.15, 0.2) is 30.5 Å². The van der Waals surface area contributed by atoms with Gasteiger partial charge in [-0.1, -0.05) is 18.6 Å². The summed E-state index contributed by atoms with van der Waals surface area (Å²) in [5.74, 6) is 0.557. The van der Waals surface area contributed by atoms with Gasteiger partial charge in [-0.05, 0) is 50.0 Å². The molecule has 2 aromatic rings. The third-order valence-electron chi connectivity index (χ3n) is 6.42. The number of carbonyl (C=O) groups excluding carboxylic acids is 2. The van der Waals surface area contributed by atoms with E-state index >= 15 is 0 Å². The van der Waals surface area contributed by atoms with Crippen molar-refractivity contribution in [3.8, 4) is 11.1 Å². The molecule has 170 valence electrons. The van der Waals surface area contributed by atoms with Crippen LogP contribution in [0, 0.1) is 0 Å². The van der Waals surface area contributed by atoms with Gasteiger partial charge >= 0.3 is 0 Å². The number of hydrogen-bond acceptors (Lipinski definition) is 6. The molecule has 1 aromatic heterocycles. The van der Waals surface area contributed by atoms with E-state index in [0.29, 0.717) is 24.6 Å². The van der Waals surface area contributed by atoms with Crippen LogP contribution >= 0.6 is 0 Å². The van der Waals surface area contributed by atoms with E-state index in [1.807, 2.05) is 42.2 Å². The molecule has 0 unspecified atom stereocenters. The largest absolute Gasteiger partial charge is 0.366 e. The molecular weight excluding hydrogens is 404 g/mol. The number of carbonyl (C=O) groups is 2. The highest BCUT2D eigenvalue weighted by atomic mass is 16.2. The number of nitrogens with zero attached hydrogens (tertiary/aromatic N) is 5. The Hall–Kier alpha value is -3.00. The Morgan fingerprint density at radius 2 is 1.81 bits per heavy atom. The fourth-order valence-electron chi connectivity index (χ4n) is 4.57. The second kappa shape index (κ2) is 9.65. The number of nitrogens with two attached hydrogens (primary N) is 1. The van der Waals surface area contributed by atoms with E-state index in [9.17, 15) is 9.59 Å². The monoisotopic (exact) mass is 436 g/mol. The Bertz CT molecular complexity index is 969. The first-order valence-electron chi connectivity index (χ1n) is 11.4. The lowest BCUT2D eigenvalue weighted by atomic mass is 9.95. The first-order chi connectivity index (χ1) is 15.4. The van der Waals surface area contributed by atoms with Crippen molar-refractivity contribution < 1.29 is 9.59 Å².